The zero-order chi connectivity index (χ0) is 12.3. The molecule has 0 spiro atoms. The van der Waals surface area contributed by atoms with Crippen molar-refractivity contribution in [3.05, 3.63) is 0 Å². The Morgan fingerprint density at radius 3 is 2.69 bits per heavy atom. The fourth-order valence-corrected chi connectivity index (χ4v) is 2.44. The SMILES string of the molecule is CCC(C(=O)O)N(C)C1CCOC(C)(C)C1. The Kier molecular flexibility index (Phi) is 4.33. The van der Waals surface area contributed by atoms with Crippen molar-refractivity contribution in [3.8, 4) is 0 Å². The highest BCUT2D eigenvalue weighted by atomic mass is 16.5. The summed E-state index contributed by atoms with van der Waals surface area (Å²) >= 11 is 0. The number of ether oxygens (including phenoxy) is 1. The zero-order valence-electron chi connectivity index (χ0n) is 10.7. The van der Waals surface area contributed by atoms with Gasteiger partial charge < -0.3 is 9.84 Å². The molecule has 0 radical (unpaired) electrons. The highest BCUT2D eigenvalue weighted by molar-refractivity contribution is 5.73. The Morgan fingerprint density at radius 1 is 1.62 bits per heavy atom. The maximum atomic E-state index is 11.1. The van der Waals surface area contributed by atoms with Crippen LogP contribution in [0, 0.1) is 0 Å². The fraction of sp³-hybridized carbons (Fsp3) is 0.917. The van der Waals surface area contributed by atoms with Gasteiger partial charge in [-0.05, 0) is 40.2 Å². The third-order valence-electron chi connectivity index (χ3n) is 3.41. The quantitative estimate of drug-likeness (QED) is 0.797. The number of nitrogens with zero attached hydrogens (tertiary/aromatic N) is 1. The highest BCUT2D eigenvalue weighted by Crippen LogP contribution is 2.28. The van der Waals surface area contributed by atoms with Crippen molar-refractivity contribution >= 4 is 5.97 Å². The van der Waals surface area contributed by atoms with E-state index in [9.17, 15) is 4.79 Å². The second-order valence-corrected chi connectivity index (χ2v) is 5.18. The molecule has 0 saturated carbocycles. The molecule has 2 unspecified atom stereocenters. The van der Waals surface area contributed by atoms with Crippen LogP contribution in [0.5, 0.6) is 0 Å². The maximum Gasteiger partial charge on any atom is 0.320 e. The molecule has 0 aromatic carbocycles. The minimum Gasteiger partial charge on any atom is -0.480 e. The van der Waals surface area contributed by atoms with Gasteiger partial charge in [0.05, 0.1) is 5.60 Å². The number of carboxylic acid groups (broad SMARTS) is 1. The summed E-state index contributed by atoms with van der Waals surface area (Å²) in [6, 6.07) is -0.0660. The Labute approximate surface area is 97.6 Å². The number of hydrogen-bond acceptors (Lipinski definition) is 3. The van der Waals surface area contributed by atoms with E-state index in [2.05, 4.69) is 13.8 Å². The first kappa shape index (κ1) is 13.5. The summed E-state index contributed by atoms with van der Waals surface area (Å²) in [5.74, 6) is -0.728. The van der Waals surface area contributed by atoms with Crippen molar-refractivity contribution < 1.29 is 14.6 Å². The van der Waals surface area contributed by atoms with Gasteiger partial charge in [0.1, 0.15) is 6.04 Å². The van der Waals surface area contributed by atoms with E-state index >= 15 is 0 Å². The standard InChI is InChI=1S/C12H23NO3/c1-5-10(11(14)15)13(4)9-6-7-16-12(2,3)8-9/h9-10H,5-8H2,1-4H3,(H,14,15). The molecule has 0 aromatic rings. The van der Waals surface area contributed by atoms with Crippen molar-refractivity contribution in [3.63, 3.8) is 0 Å². The van der Waals surface area contributed by atoms with Gasteiger partial charge in [-0.2, -0.15) is 0 Å². The fourth-order valence-electron chi connectivity index (χ4n) is 2.44. The van der Waals surface area contributed by atoms with Crippen molar-refractivity contribution in [1.29, 1.82) is 0 Å². The second-order valence-electron chi connectivity index (χ2n) is 5.18. The normalized spacial score (nSPS) is 26.7. The van der Waals surface area contributed by atoms with Crippen LogP contribution in [0.3, 0.4) is 0 Å². The molecular weight excluding hydrogens is 206 g/mol. The van der Waals surface area contributed by atoms with Crippen LogP contribution >= 0.6 is 0 Å². The number of carboxylic acids is 1. The summed E-state index contributed by atoms with van der Waals surface area (Å²) in [5, 5.41) is 9.13. The largest absolute Gasteiger partial charge is 0.480 e. The van der Waals surface area contributed by atoms with E-state index in [4.69, 9.17) is 9.84 Å². The summed E-state index contributed by atoms with van der Waals surface area (Å²) in [4.78, 5) is 13.1. The number of hydrogen-bond donors (Lipinski definition) is 1. The minimum absolute atomic E-state index is 0.131. The lowest BCUT2D eigenvalue weighted by molar-refractivity contribution is -0.146. The molecule has 0 aromatic heterocycles. The third kappa shape index (κ3) is 3.19. The molecule has 4 heteroatoms. The van der Waals surface area contributed by atoms with Crippen molar-refractivity contribution in [2.75, 3.05) is 13.7 Å². The van der Waals surface area contributed by atoms with Crippen LogP contribution in [0.4, 0.5) is 0 Å². The predicted molar refractivity (Wildman–Crippen MR) is 62.5 cm³/mol. The highest BCUT2D eigenvalue weighted by Gasteiger charge is 2.34. The van der Waals surface area contributed by atoms with Gasteiger partial charge in [0.2, 0.25) is 0 Å². The van der Waals surface area contributed by atoms with Gasteiger partial charge in [-0.15, -0.1) is 0 Å². The Bertz CT molecular complexity index is 253. The van der Waals surface area contributed by atoms with E-state index < -0.39 is 5.97 Å². The summed E-state index contributed by atoms with van der Waals surface area (Å²) in [5.41, 5.74) is -0.131. The molecule has 0 aliphatic carbocycles. The monoisotopic (exact) mass is 229 g/mol. The Morgan fingerprint density at radius 2 is 2.25 bits per heavy atom. The van der Waals surface area contributed by atoms with E-state index in [-0.39, 0.29) is 11.6 Å². The zero-order valence-corrected chi connectivity index (χ0v) is 10.7. The van der Waals surface area contributed by atoms with Gasteiger partial charge in [0.15, 0.2) is 0 Å². The molecule has 1 N–H and O–H groups in total. The first-order chi connectivity index (χ1) is 7.37. The predicted octanol–water partition coefficient (Wildman–Crippen LogP) is 1.74. The number of rotatable bonds is 4. The van der Waals surface area contributed by atoms with E-state index in [1.807, 2.05) is 18.9 Å². The maximum absolute atomic E-state index is 11.1. The van der Waals surface area contributed by atoms with E-state index in [0.29, 0.717) is 12.5 Å². The van der Waals surface area contributed by atoms with Crippen molar-refractivity contribution in [2.24, 2.45) is 0 Å². The molecule has 16 heavy (non-hydrogen) atoms. The van der Waals surface area contributed by atoms with Gasteiger partial charge >= 0.3 is 5.97 Å². The third-order valence-corrected chi connectivity index (χ3v) is 3.41. The number of likely N-dealkylation sites (N-methyl/N-ethyl adjacent to an activating group) is 1. The van der Waals surface area contributed by atoms with E-state index in [0.717, 1.165) is 19.4 Å². The number of aliphatic carboxylic acids is 1. The summed E-state index contributed by atoms with van der Waals surface area (Å²) in [7, 11) is 1.91. The van der Waals surface area contributed by atoms with Crippen LogP contribution in [-0.2, 0) is 9.53 Å². The molecule has 1 aliphatic rings. The van der Waals surface area contributed by atoms with Crippen LogP contribution < -0.4 is 0 Å². The topological polar surface area (TPSA) is 49.8 Å². The lowest BCUT2D eigenvalue weighted by Gasteiger charge is -2.41. The first-order valence-corrected chi connectivity index (χ1v) is 5.96. The van der Waals surface area contributed by atoms with E-state index in [1.165, 1.54) is 0 Å². The van der Waals surface area contributed by atoms with Crippen LogP contribution in [0.2, 0.25) is 0 Å². The van der Waals surface area contributed by atoms with Gasteiger partial charge in [-0.3, -0.25) is 9.69 Å². The lowest BCUT2D eigenvalue weighted by atomic mass is 9.92. The summed E-state index contributed by atoms with van der Waals surface area (Å²) < 4.78 is 5.65. The van der Waals surface area contributed by atoms with Crippen LogP contribution in [0.15, 0.2) is 0 Å². The molecule has 1 fully saturated rings. The number of carbonyl (C=O) groups is 1. The van der Waals surface area contributed by atoms with Crippen LogP contribution in [-0.4, -0.2) is 47.3 Å². The second kappa shape index (κ2) is 5.15. The molecule has 0 amide bonds. The summed E-state index contributed by atoms with van der Waals surface area (Å²) in [6.07, 6.45) is 2.46. The van der Waals surface area contributed by atoms with E-state index in [1.54, 1.807) is 0 Å². The molecule has 1 heterocycles. The van der Waals surface area contributed by atoms with Gasteiger partial charge in [0.25, 0.3) is 0 Å². The van der Waals surface area contributed by atoms with Crippen molar-refractivity contribution in [1.82, 2.24) is 4.90 Å². The van der Waals surface area contributed by atoms with Crippen LogP contribution in [0.1, 0.15) is 40.0 Å². The van der Waals surface area contributed by atoms with Crippen LogP contribution in [0.25, 0.3) is 0 Å². The van der Waals surface area contributed by atoms with Gasteiger partial charge in [-0.1, -0.05) is 6.92 Å². The molecule has 94 valence electrons. The van der Waals surface area contributed by atoms with Gasteiger partial charge in [0, 0.05) is 12.6 Å². The average Bonchev–Trinajstić information content (AvgIpc) is 2.16. The lowest BCUT2D eigenvalue weighted by Crippen LogP contribution is -2.50. The molecule has 1 aliphatic heterocycles. The average molecular weight is 229 g/mol. The molecule has 2 atom stereocenters. The summed E-state index contributed by atoms with van der Waals surface area (Å²) in [6.45, 7) is 6.77. The Hall–Kier alpha value is -0.610. The van der Waals surface area contributed by atoms with Gasteiger partial charge in [-0.25, -0.2) is 0 Å². The van der Waals surface area contributed by atoms with Crippen molar-refractivity contribution in [2.45, 2.75) is 57.7 Å². The molecule has 0 bridgehead atoms. The molecule has 4 nitrogen and oxygen atoms in total. The minimum atomic E-state index is -0.728. The molecule has 1 rings (SSSR count). The molecular formula is C12H23NO3. The Balaban J connectivity index is 2.65. The smallest absolute Gasteiger partial charge is 0.320 e. The molecule has 1 saturated heterocycles. The first-order valence-electron chi connectivity index (χ1n) is 5.96.